The van der Waals surface area contributed by atoms with Crippen molar-refractivity contribution in [2.75, 3.05) is 13.7 Å². The number of hydrogen-bond donors (Lipinski definition) is 1. The molecule has 2 unspecified atom stereocenters. The molecule has 2 atom stereocenters. The second-order valence-corrected chi connectivity index (χ2v) is 4.94. The van der Waals surface area contributed by atoms with E-state index in [0.29, 0.717) is 6.61 Å². The summed E-state index contributed by atoms with van der Waals surface area (Å²) in [6, 6.07) is 7.65. The van der Waals surface area contributed by atoms with Crippen molar-refractivity contribution in [3.05, 3.63) is 29.8 Å². The highest BCUT2D eigenvalue weighted by Crippen LogP contribution is 2.26. The van der Waals surface area contributed by atoms with E-state index >= 15 is 0 Å². The Hall–Kier alpha value is -1.06. The van der Waals surface area contributed by atoms with E-state index in [4.69, 9.17) is 9.47 Å². The normalized spacial score (nSPS) is 14.6. The largest absolute Gasteiger partial charge is 0.491 e. The summed E-state index contributed by atoms with van der Waals surface area (Å²) in [5, 5.41) is 10.2. The summed E-state index contributed by atoms with van der Waals surface area (Å²) < 4.78 is 10.6. The van der Waals surface area contributed by atoms with E-state index in [9.17, 15) is 5.11 Å². The number of methoxy groups -OCH3 is 1. The molecule has 0 aliphatic carbocycles. The molecule has 3 heteroatoms. The number of ether oxygens (including phenoxy) is 2. The predicted molar refractivity (Wildman–Crippen MR) is 72.8 cm³/mol. The van der Waals surface area contributed by atoms with Crippen molar-refractivity contribution in [2.45, 2.75) is 39.4 Å². The molecule has 0 saturated carbocycles. The van der Waals surface area contributed by atoms with Crippen LogP contribution in [0.2, 0.25) is 0 Å². The van der Waals surface area contributed by atoms with Crippen LogP contribution in [0.4, 0.5) is 0 Å². The molecule has 0 fully saturated rings. The third-order valence-corrected chi connectivity index (χ3v) is 2.91. The molecular formula is C15H24O3. The molecule has 0 bridgehead atoms. The molecule has 0 saturated heterocycles. The molecule has 0 spiro atoms. The van der Waals surface area contributed by atoms with Gasteiger partial charge in [0.05, 0.1) is 12.2 Å². The Bertz CT molecular complexity index is 332. The van der Waals surface area contributed by atoms with Gasteiger partial charge < -0.3 is 14.6 Å². The highest BCUT2D eigenvalue weighted by molar-refractivity contribution is 5.28. The van der Waals surface area contributed by atoms with Crippen LogP contribution in [0.25, 0.3) is 0 Å². The van der Waals surface area contributed by atoms with E-state index in [0.717, 1.165) is 17.7 Å². The minimum Gasteiger partial charge on any atom is -0.491 e. The summed E-state index contributed by atoms with van der Waals surface area (Å²) in [5.74, 6) is 1.02. The van der Waals surface area contributed by atoms with Crippen molar-refractivity contribution < 1.29 is 14.6 Å². The molecule has 0 aliphatic rings. The SMILES string of the molecule is COCCC(C)C(O)c1ccc(OC(C)C)cc1. The van der Waals surface area contributed by atoms with Gasteiger partial charge in [-0.3, -0.25) is 0 Å². The van der Waals surface area contributed by atoms with E-state index in [2.05, 4.69) is 0 Å². The second kappa shape index (κ2) is 7.39. The lowest BCUT2D eigenvalue weighted by Gasteiger charge is -2.19. The zero-order valence-electron chi connectivity index (χ0n) is 11.7. The van der Waals surface area contributed by atoms with Crippen LogP contribution >= 0.6 is 0 Å². The molecule has 102 valence electrons. The second-order valence-electron chi connectivity index (χ2n) is 4.94. The lowest BCUT2D eigenvalue weighted by molar-refractivity contribution is 0.0885. The predicted octanol–water partition coefficient (Wildman–Crippen LogP) is 3.18. The van der Waals surface area contributed by atoms with Crippen molar-refractivity contribution in [2.24, 2.45) is 5.92 Å². The van der Waals surface area contributed by atoms with Crippen molar-refractivity contribution in [1.29, 1.82) is 0 Å². The van der Waals surface area contributed by atoms with Gasteiger partial charge in [-0.1, -0.05) is 19.1 Å². The van der Waals surface area contributed by atoms with Crippen LogP contribution in [0.1, 0.15) is 38.9 Å². The molecule has 1 rings (SSSR count). The maximum Gasteiger partial charge on any atom is 0.119 e. The lowest BCUT2D eigenvalue weighted by Crippen LogP contribution is -2.11. The van der Waals surface area contributed by atoms with Crippen LogP contribution in [-0.2, 0) is 4.74 Å². The summed E-state index contributed by atoms with van der Waals surface area (Å²) in [4.78, 5) is 0. The smallest absolute Gasteiger partial charge is 0.119 e. The van der Waals surface area contributed by atoms with Gasteiger partial charge in [0.2, 0.25) is 0 Å². The number of rotatable bonds is 7. The first-order chi connectivity index (χ1) is 8.54. The van der Waals surface area contributed by atoms with Crippen molar-refractivity contribution >= 4 is 0 Å². The van der Waals surface area contributed by atoms with Crippen LogP contribution in [0.3, 0.4) is 0 Å². The fraction of sp³-hybridized carbons (Fsp3) is 0.600. The average Bonchev–Trinajstić information content (AvgIpc) is 2.35. The fourth-order valence-corrected chi connectivity index (χ4v) is 1.81. The Morgan fingerprint density at radius 1 is 1.11 bits per heavy atom. The van der Waals surface area contributed by atoms with E-state index < -0.39 is 6.10 Å². The summed E-state index contributed by atoms with van der Waals surface area (Å²) in [6.45, 7) is 6.69. The zero-order chi connectivity index (χ0) is 13.5. The first-order valence-electron chi connectivity index (χ1n) is 6.48. The van der Waals surface area contributed by atoms with Gasteiger partial charge in [-0.25, -0.2) is 0 Å². The average molecular weight is 252 g/mol. The Morgan fingerprint density at radius 3 is 2.22 bits per heavy atom. The molecule has 1 N–H and O–H groups in total. The van der Waals surface area contributed by atoms with Crippen LogP contribution in [-0.4, -0.2) is 24.9 Å². The number of benzene rings is 1. The summed E-state index contributed by atoms with van der Waals surface area (Å²) in [6.07, 6.45) is 0.566. The van der Waals surface area contributed by atoms with Crippen LogP contribution in [0.15, 0.2) is 24.3 Å². The quantitative estimate of drug-likeness (QED) is 0.810. The Labute approximate surface area is 110 Å². The van der Waals surface area contributed by atoms with E-state index in [-0.39, 0.29) is 12.0 Å². The molecule has 0 heterocycles. The van der Waals surface area contributed by atoms with Crippen molar-refractivity contribution in [1.82, 2.24) is 0 Å². The van der Waals surface area contributed by atoms with Gasteiger partial charge in [0.1, 0.15) is 5.75 Å². The van der Waals surface area contributed by atoms with Crippen molar-refractivity contribution in [3.8, 4) is 5.75 Å². The lowest BCUT2D eigenvalue weighted by atomic mass is 9.95. The van der Waals surface area contributed by atoms with Gasteiger partial charge in [0.15, 0.2) is 0 Å². The van der Waals surface area contributed by atoms with Gasteiger partial charge >= 0.3 is 0 Å². The zero-order valence-corrected chi connectivity index (χ0v) is 11.7. The first kappa shape index (κ1) is 15.0. The standard InChI is InChI=1S/C15H24O3/c1-11(2)18-14-7-5-13(6-8-14)15(16)12(3)9-10-17-4/h5-8,11-12,15-16H,9-10H2,1-4H3. The highest BCUT2D eigenvalue weighted by atomic mass is 16.5. The highest BCUT2D eigenvalue weighted by Gasteiger charge is 2.16. The summed E-state index contributed by atoms with van der Waals surface area (Å²) >= 11 is 0. The topological polar surface area (TPSA) is 38.7 Å². The summed E-state index contributed by atoms with van der Waals surface area (Å²) in [5.41, 5.74) is 0.926. The Balaban J connectivity index is 2.60. The minimum atomic E-state index is -0.451. The first-order valence-corrected chi connectivity index (χ1v) is 6.48. The Kier molecular flexibility index (Phi) is 6.16. The van der Waals surface area contributed by atoms with Gasteiger partial charge in [0.25, 0.3) is 0 Å². The van der Waals surface area contributed by atoms with Crippen LogP contribution in [0, 0.1) is 5.92 Å². The van der Waals surface area contributed by atoms with E-state index in [1.165, 1.54) is 0 Å². The summed E-state index contributed by atoms with van der Waals surface area (Å²) in [7, 11) is 1.68. The maximum absolute atomic E-state index is 10.2. The van der Waals surface area contributed by atoms with Crippen LogP contribution < -0.4 is 4.74 Å². The molecule has 0 amide bonds. The van der Waals surface area contributed by atoms with Crippen molar-refractivity contribution in [3.63, 3.8) is 0 Å². The maximum atomic E-state index is 10.2. The molecule has 0 aliphatic heterocycles. The molecule has 1 aromatic carbocycles. The number of aliphatic hydroxyl groups excluding tert-OH is 1. The molecule has 18 heavy (non-hydrogen) atoms. The third kappa shape index (κ3) is 4.67. The molecule has 3 nitrogen and oxygen atoms in total. The Morgan fingerprint density at radius 2 is 1.72 bits per heavy atom. The minimum absolute atomic E-state index is 0.168. The van der Waals surface area contributed by atoms with E-state index in [1.54, 1.807) is 7.11 Å². The monoisotopic (exact) mass is 252 g/mol. The molecule has 1 aromatic rings. The third-order valence-electron chi connectivity index (χ3n) is 2.91. The number of aliphatic hydroxyl groups is 1. The molecular weight excluding hydrogens is 228 g/mol. The van der Waals surface area contributed by atoms with Gasteiger partial charge in [-0.15, -0.1) is 0 Å². The van der Waals surface area contributed by atoms with E-state index in [1.807, 2.05) is 45.0 Å². The van der Waals surface area contributed by atoms with Crippen LogP contribution in [0.5, 0.6) is 5.75 Å². The molecule has 0 aromatic heterocycles. The van der Waals surface area contributed by atoms with Gasteiger partial charge in [0, 0.05) is 13.7 Å². The van der Waals surface area contributed by atoms with Gasteiger partial charge in [-0.05, 0) is 43.9 Å². The molecule has 0 radical (unpaired) electrons. The number of hydrogen-bond acceptors (Lipinski definition) is 3. The fourth-order valence-electron chi connectivity index (χ4n) is 1.81. The van der Waals surface area contributed by atoms with Gasteiger partial charge in [-0.2, -0.15) is 0 Å².